The molecule has 6 rings (SSSR count). The van der Waals surface area contributed by atoms with Crippen molar-refractivity contribution in [3.05, 3.63) is 72.2 Å². The van der Waals surface area contributed by atoms with E-state index >= 15 is 0 Å². The smallest absolute Gasteiger partial charge is 0.317 e. The number of nitrogens with zero attached hydrogens (tertiary/aromatic N) is 5. The van der Waals surface area contributed by atoms with Crippen LogP contribution < -0.4 is 20.3 Å². The molecule has 3 aromatic heterocycles. The number of benzene rings is 2. The second-order valence-corrected chi connectivity index (χ2v) is 10.2. The number of rotatable bonds is 6. The van der Waals surface area contributed by atoms with E-state index in [1.165, 1.54) is 10.7 Å². The highest BCUT2D eigenvalue weighted by molar-refractivity contribution is 6.14. The molecular weight excluding hydrogens is 525 g/mol. The van der Waals surface area contributed by atoms with Crippen molar-refractivity contribution in [2.24, 2.45) is 7.05 Å². The van der Waals surface area contributed by atoms with Crippen LogP contribution in [-0.2, 0) is 7.05 Å². The van der Waals surface area contributed by atoms with Gasteiger partial charge in [-0.25, -0.2) is 9.37 Å². The van der Waals surface area contributed by atoms with E-state index in [0.29, 0.717) is 35.1 Å². The zero-order chi connectivity index (χ0) is 28.7. The Kier molecular flexibility index (Phi) is 6.77. The van der Waals surface area contributed by atoms with Crippen LogP contribution in [0.2, 0.25) is 0 Å². The van der Waals surface area contributed by atoms with E-state index in [0.717, 1.165) is 11.3 Å². The molecule has 10 nitrogen and oxygen atoms in total. The van der Waals surface area contributed by atoms with Crippen LogP contribution >= 0.6 is 0 Å². The minimum Gasteiger partial charge on any atom is -0.472 e. The third-order valence-corrected chi connectivity index (χ3v) is 7.10. The monoisotopic (exact) mass is 553 g/mol. The summed E-state index contributed by atoms with van der Waals surface area (Å²) in [6.07, 6.45) is 11.9. The zero-order valence-corrected chi connectivity index (χ0v) is 22.8. The van der Waals surface area contributed by atoms with Crippen LogP contribution in [0.25, 0.3) is 21.8 Å². The number of furan rings is 1. The number of ether oxygens (including phenoxy) is 1. The van der Waals surface area contributed by atoms with Crippen LogP contribution in [0, 0.1) is 18.2 Å². The van der Waals surface area contributed by atoms with Gasteiger partial charge in [0, 0.05) is 66.3 Å². The van der Waals surface area contributed by atoms with Gasteiger partial charge < -0.3 is 19.4 Å². The number of nitrogens with one attached hydrogen (secondary N) is 2. The number of hydrogen-bond donors (Lipinski definition) is 2. The second-order valence-electron chi connectivity index (χ2n) is 10.2. The van der Waals surface area contributed by atoms with E-state index in [1.807, 2.05) is 13.0 Å². The Hall–Kier alpha value is -4.95. The first-order chi connectivity index (χ1) is 19.8. The summed E-state index contributed by atoms with van der Waals surface area (Å²) in [4.78, 5) is 24.9. The molecule has 0 radical (unpaired) electrons. The molecule has 0 unspecified atom stereocenters. The van der Waals surface area contributed by atoms with Gasteiger partial charge in [0.15, 0.2) is 5.82 Å². The lowest BCUT2D eigenvalue weighted by atomic mass is 10.0. The Morgan fingerprint density at radius 3 is 2.93 bits per heavy atom. The normalized spacial score (nSPS) is 17.9. The summed E-state index contributed by atoms with van der Waals surface area (Å²) in [6.45, 7) is 5.22. The van der Waals surface area contributed by atoms with Crippen molar-refractivity contribution in [3.63, 3.8) is 0 Å². The van der Waals surface area contributed by atoms with Gasteiger partial charge in [0.05, 0.1) is 29.6 Å². The van der Waals surface area contributed by atoms with Gasteiger partial charge in [-0.15, -0.1) is 6.42 Å². The zero-order valence-electron chi connectivity index (χ0n) is 22.8. The molecule has 0 saturated carbocycles. The van der Waals surface area contributed by atoms with Crippen LogP contribution in [0.4, 0.5) is 15.8 Å². The first kappa shape index (κ1) is 26.3. The molecule has 41 heavy (non-hydrogen) atoms. The third kappa shape index (κ3) is 5.17. The maximum atomic E-state index is 14.7. The molecule has 1 fully saturated rings. The van der Waals surface area contributed by atoms with Gasteiger partial charge in [-0.1, -0.05) is 5.92 Å². The van der Waals surface area contributed by atoms with E-state index in [9.17, 15) is 9.18 Å². The number of aryl methyl sites for hydroxylation is 1. The average molecular weight is 554 g/mol. The summed E-state index contributed by atoms with van der Waals surface area (Å²) in [5.41, 5.74) is 2.89. The SMILES string of the molecule is C#C[C@H]1CN(c2ccc(C(=O)Nc3cc(F)c4nn(C)cc4c3)c3nc(O[C@@H](C)c4ccoc4)ncc23)C[C@@H](C)N1. The van der Waals surface area contributed by atoms with E-state index in [4.69, 9.17) is 15.6 Å². The maximum absolute atomic E-state index is 14.7. The number of amides is 1. The van der Waals surface area contributed by atoms with E-state index < -0.39 is 11.7 Å². The number of piperazine rings is 1. The van der Waals surface area contributed by atoms with Crippen molar-refractivity contribution < 1.29 is 18.3 Å². The molecule has 5 aromatic rings. The average Bonchev–Trinajstić information content (AvgIpc) is 3.62. The summed E-state index contributed by atoms with van der Waals surface area (Å²) < 4.78 is 27.4. The maximum Gasteiger partial charge on any atom is 0.317 e. The highest BCUT2D eigenvalue weighted by atomic mass is 19.1. The Morgan fingerprint density at radius 2 is 2.15 bits per heavy atom. The molecular formula is C30H28FN7O3. The Labute approximate surface area is 235 Å². The Bertz CT molecular complexity index is 1790. The lowest BCUT2D eigenvalue weighted by molar-refractivity contribution is 0.102. The fourth-order valence-electron chi connectivity index (χ4n) is 5.19. The van der Waals surface area contributed by atoms with Gasteiger partial charge in [-0.2, -0.15) is 10.1 Å². The molecule has 4 heterocycles. The molecule has 0 bridgehead atoms. The van der Waals surface area contributed by atoms with Crippen LogP contribution in [0.1, 0.15) is 35.9 Å². The molecule has 208 valence electrons. The summed E-state index contributed by atoms with van der Waals surface area (Å²) in [5, 5.41) is 11.6. The fourth-order valence-corrected chi connectivity index (χ4v) is 5.19. The van der Waals surface area contributed by atoms with Gasteiger partial charge in [0.2, 0.25) is 0 Å². The molecule has 1 aliphatic heterocycles. The number of fused-ring (bicyclic) bond motifs is 2. The van der Waals surface area contributed by atoms with Crippen LogP contribution in [0.15, 0.2) is 59.7 Å². The third-order valence-electron chi connectivity index (χ3n) is 7.10. The number of hydrogen-bond acceptors (Lipinski definition) is 8. The van der Waals surface area contributed by atoms with Crippen molar-refractivity contribution >= 4 is 39.1 Å². The number of carbonyl (C=O) groups excluding carboxylic acids is 1. The summed E-state index contributed by atoms with van der Waals surface area (Å²) in [6, 6.07) is 8.43. The van der Waals surface area contributed by atoms with Gasteiger partial charge in [0.25, 0.3) is 5.91 Å². The van der Waals surface area contributed by atoms with Crippen molar-refractivity contribution in [1.82, 2.24) is 25.1 Å². The van der Waals surface area contributed by atoms with Gasteiger partial charge in [0.1, 0.15) is 11.6 Å². The lowest BCUT2D eigenvalue weighted by Crippen LogP contribution is -2.55. The summed E-state index contributed by atoms with van der Waals surface area (Å²) in [7, 11) is 1.71. The summed E-state index contributed by atoms with van der Waals surface area (Å²) in [5.74, 6) is 1.81. The van der Waals surface area contributed by atoms with E-state index in [1.54, 1.807) is 50.2 Å². The number of carbonyl (C=O) groups is 1. The van der Waals surface area contributed by atoms with Crippen LogP contribution in [-0.4, -0.2) is 50.8 Å². The topological polar surface area (TPSA) is 110 Å². The van der Waals surface area contributed by atoms with Crippen molar-refractivity contribution in [2.45, 2.75) is 32.0 Å². The molecule has 11 heteroatoms. The number of anilines is 2. The predicted octanol–water partition coefficient (Wildman–Crippen LogP) is 4.44. The molecule has 2 aromatic carbocycles. The quantitative estimate of drug-likeness (QED) is 0.297. The molecule has 3 atom stereocenters. The molecule has 1 aliphatic rings. The molecule has 2 N–H and O–H groups in total. The first-order valence-corrected chi connectivity index (χ1v) is 13.2. The predicted molar refractivity (Wildman–Crippen MR) is 153 cm³/mol. The highest BCUT2D eigenvalue weighted by Crippen LogP contribution is 2.32. The largest absolute Gasteiger partial charge is 0.472 e. The minimum atomic E-state index is -0.527. The molecule has 1 amide bonds. The first-order valence-electron chi connectivity index (χ1n) is 13.2. The van der Waals surface area contributed by atoms with E-state index in [2.05, 4.69) is 43.4 Å². The fraction of sp³-hybridized carbons (Fsp3) is 0.267. The number of terminal acetylenes is 1. The van der Waals surface area contributed by atoms with Gasteiger partial charge in [-0.3, -0.25) is 14.8 Å². The van der Waals surface area contributed by atoms with Crippen molar-refractivity contribution in [2.75, 3.05) is 23.3 Å². The molecule has 0 aliphatic carbocycles. The summed E-state index contributed by atoms with van der Waals surface area (Å²) >= 11 is 0. The van der Waals surface area contributed by atoms with Crippen LogP contribution in [0.3, 0.4) is 0 Å². The highest BCUT2D eigenvalue weighted by Gasteiger charge is 2.26. The van der Waals surface area contributed by atoms with Crippen LogP contribution in [0.5, 0.6) is 6.01 Å². The van der Waals surface area contributed by atoms with Gasteiger partial charge >= 0.3 is 6.01 Å². The second kappa shape index (κ2) is 10.6. The molecule has 1 saturated heterocycles. The Balaban J connectivity index is 1.40. The lowest BCUT2D eigenvalue weighted by Gasteiger charge is -2.37. The standard InChI is InChI=1S/C30H28FN7O3/c1-5-21-15-38(13-17(2)33-21)26-7-6-23(29(39)34-22-10-20-14-37(4)36-27(20)25(31)11-22)28-24(26)12-32-30(35-28)41-18(3)19-8-9-40-16-19/h1,6-12,14,16-18,21,33H,13,15H2,2-4H3,(H,34,39)/t17-,18+,21+/m1/s1. The Morgan fingerprint density at radius 1 is 1.29 bits per heavy atom. The van der Waals surface area contributed by atoms with E-state index in [-0.39, 0.29) is 35.3 Å². The molecule has 0 spiro atoms. The number of aromatic nitrogens is 4. The van der Waals surface area contributed by atoms with Crippen molar-refractivity contribution in [1.29, 1.82) is 0 Å². The number of halogens is 1. The van der Waals surface area contributed by atoms with Crippen molar-refractivity contribution in [3.8, 4) is 18.4 Å². The minimum absolute atomic E-state index is 0.107. The van der Waals surface area contributed by atoms with Gasteiger partial charge in [-0.05, 0) is 44.2 Å².